The maximum absolute atomic E-state index is 12.1. The molecule has 1 amide bonds. The first-order valence-electron chi connectivity index (χ1n) is 7.37. The number of hydrogen-bond donors (Lipinski definition) is 3. The molecule has 1 heterocycles. The highest BCUT2D eigenvalue weighted by Gasteiger charge is 2.21. The number of carbonyl (C=O) groups is 2. The van der Waals surface area contributed by atoms with Crippen molar-refractivity contribution in [2.24, 2.45) is 5.92 Å². The van der Waals surface area contributed by atoms with Crippen molar-refractivity contribution in [3.05, 3.63) is 40.3 Å². The Morgan fingerprint density at radius 2 is 1.91 bits per heavy atom. The van der Waals surface area contributed by atoms with E-state index < -0.39 is 17.9 Å². The molecule has 0 saturated carbocycles. The third-order valence-electron chi connectivity index (χ3n) is 3.44. The monoisotopic (exact) mass is 317 g/mol. The van der Waals surface area contributed by atoms with Gasteiger partial charge in [0.25, 0.3) is 5.56 Å². The molecular formula is C16H19N3O4. The lowest BCUT2D eigenvalue weighted by molar-refractivity contribution is -0.142. The second kappa shape index (κ2) is 7.04. The van der Waals surface area contributed by atoms with E-state index in [1.54, 1.807) is 24.3 Å². The number of benzene rings is 1. The van der Waals surface area contributed by atoms with Gasteiger partial charge >= 0.3 is 5.97 Å². The van der Waals surface area contributed by atoms with E-state index in [4.69, 9.17) is 5.11 Å². The predicted octanol–water partition coefficient (Wildman–Crippen LogP) is 1.08. The molecule has 0 radical (unpaired) electrons. The first-order valence-corrected chi connectivity index (χ1v) is 7.37. The molecule has 0 unspecified atom stereocenters. The minimum absolute atomic E-state index is 0.0980. The maximum Gasteiger partial charge on any atom is 0.326 e. The van der Waals surface area contributed by atoms with Crippen molar-refractivity contribution in [3.63, 3.8) is 0 Å². The van der Waals surface area contributed by atoms with Crippen molar-refractivity contribution in [3.8, 4) is 0 Å². The van der Waals surface area contributed by atoms with Gasteiger partial charge in [-0.2, -0.15) is 5.10 Å². The van der Waals surface area contributed by atoms with Gasteiger partial charge < -0.3 is 10.4 Å². The maximum atomic E-state index is 12.1. The minimum atomic E-state index is -1.06. The smallest absolute Gasteiger partial charge is 0.326 e. The second-order valence-electron chi connectivity index (χ2n) is 5.81. The lowest BCUT2D eigenvalue weighted by Crippen LogP contribution is -2.42. The van der Waals surface area contributed by atoms with Crippen LogP contribution in [0.3, 0.4) is 0 Å². The van der Waals surface area contributed by atoms with Gasteiger partial charge in [-0.15, -0.1) is 0 Å². The molecule has 0 aliphatic rings. The average molecular weight is 317 g/mol. The van der Waals surface area contributed by atoms with Gasteiger partial charge in [0, 0.05) is 5.39 Å². The zero-order chi connectivity index (χ0) is 17.0. The van der Waals surface area contributed by atoms with E-state index in [0.717, 1.165) is 0 Å². The fourth-order valence-electron chi connectivity index (χ4n) is 2.40. The third kappa shape index (κ3) is 4.15. The van der Waals surface area contributed by atoms with E-state index in [1.807, 2.05) is 13.8 Å². The van der Waals surface area contributed by atoms with Gasteiger partial charge in [0.15, 0.2) is 0 Å². The number of aromatic nitrogens is 2. The summed E-state index contributed by atoms with van der Waals surface area (Å²) in [6, 6.07) is 5.91. The molecule has 0 fully saturated rings. The number of aliphatic carboxylic acids is 1. The van der Waals surface area contributed by atoms with Crippen LogP contribution in [0, 0.1) is 5.92 Å². The molecule has 0 aliphatic carbocycles. The normalized spacial score (nSPS) is 12.3. The molecule has 1 aromatic heterocycles. The molecule has 3 N–H and O–H groups in total. The third-order valence-corrected chi connectivity index (χ3v) is 3.44. The van der Waals surface area contributed by atoms with Gasteiger partial charge in [0.05, 0.1) is 17.5 Å². The van der Waals surface area contributed by atoms with Crippen LogP contribution in [0.5, 0.6) is 0 Å². The number of rotatable bonds is 6. The van der Waals surface area contributed by atoms with Crippen LogP contribution in [0.2, 0.25) is 0 Å². The number of carbonyl (C=O) groups excluding carboxylic acids is 1. The highest BCUT2D eigenvalue weighted by atomic mass is 16.4. The Balaban J connectivity index is 2.19. The van der Waals surface area contributed by atoms with Crippen molar-refractivity contribution in [2.45, 2.75) is 32.7 Å². The molecule has 122 valence electrons. The number of fused-ring (bicyclic) bond motifs is 1. The van der Waals surface area contributed by atoms with Gasteiger partial charge in [0.2, 0.25) is 5.91 Å². The van der Waals surface area contributed by atoms with E-state index in [9.17, 15) is 14.4 Å². The molecule has 0 bridgehead atoms. The zero-order valence-corrected chi connectivity index (χ0v) is 13.0. The average Bonchev–Trinajstić information content (AvgIpc) is 2.49. The Labute approximate surface area is 132 Å². The Morgan fingerprint density at radius 3 is 2.52 bits per heavy atom. The van der Waals surface area contributed by atoms with E-state index >= 15 is 0 Å². The summed E-state index contributed by atoms with van der Waals surface area (Å²) in [5.74, 6) is -1.36. The Bertz CT molecular complexity index is 782. The Hall–Kier alpha value is -2.70. The first kappa shape index (κ1) is 16.7. The van der Waals surface area contributed by atoms with Crippen LogP contribution in [-0.2, 0) is 16.0 Å². The summed E-state index contributed by atoms with van der Waals surface area (Å²) in [7, 11) is 0. The van der Waals surface area contributed by atoms with E-state index in [0.29, 0.717) is 22.9 Å². The summed E-state index contributed by atoms with van der Waals surface area (Å²) in [4.78, 5) is 35.0. The van der Waals surface area contributed by atoms with Gasteiger partial charge in [-0.1, -0.05) is 32.0 Å². The number of hydrogen-bond acceptors (Lipinski definition) is 4. The molecular weight excluding hydrogens is 298 g/mol. The molecule has 2 rings (SSSR count). The SMILES string of the molecule is CC(C)C[C@H](NC(=O)Cc1n[nH]c(=O)c2ccccc12)C(=O)O. The van der Waals surface area contributed by atoms with Crippen molar-refractivity contribution >= 4 is 22.6 Å². The van der Waals surface area contributed by atoms with Crippen LogP contribution >= 0.6 is 0 Å². The molecule has 2 aromatic rings. The van der Waals surface area contributed by atoms with Crippen LogP contribution in [0.4, 0.5) is 0 Å². The number of amides is 1. The summed E-state index contributed by atoms with van der Waals surface area (Å²) < 4.78 is 0. The first-order chi connectivity index (χ1) is 10.9. The van der Waals surface area contributed by atoms with E-state index in [2.05, 4.69) is 15.5 Å². The fraction of sp³-hybridized carbons (Fsp3) is 0.375. The highest BCUT2D eigenvalue weighted by molar-refractivity contribution is 5.90. The molecule has 0 saturated heterocycles. The summed E-state index contributed by atoms with van der Waals surface area (Å²) in [6.07, 6.45) is 0.250. The molecule has 0 aliphatic heterocycles. The molecule has 7 nitrogen and oxygen atoms in total. The predicted molar refractivity (Wildman–Crippen MR) is 85.1 cm³/mol. The van der Waals surface area contributed by atoms with Crippen LogP contribution < -0.4 is 10.9 Å². The number of H-pyrrole nitrogens is 1. The van der Waals surface area contributed by atoms with Crippen molar-refractivity contribution in [1.82, 2.24) is 15.5 Å². The van der Waals surface area contributed by atoms with Gasteiger partial charge in [-0.25, -0.2) is 9.89 Å². The molecule has 0 spiro atoms. The van der Waals surface area contributed by atoms with E-state index in [1.165, 1.54) is 0 Å². The summed E-state index contributed by atoms with van der Waals surface area (Å²) in [6.45, 7) is 3.78. The van der Waals surface area contributed by atoms with Gasteiger partial charge in [-0.3, -0.25) is 9.59 Å². The number of carboxylic acids is 1. The minimum Gasteiger partial charge on any atom is -0.480 e. The number of nitrogens with zero attached hydrogens (tertiary/aromatic N) is 1. The molecule has 7 heteroatoms. The number of aromatic amines is 1. The van der Waals surface area contributed by atoms with Crippen LogP contribution in [0.1, 0.15) is 26.0 Å². The molecule has 1 atom stereocenters. The van der Waals surface area contributed by atoms with Crippen molar-refractivity contribution < 1.29 is 14.7 Å². The second-order valence-corrected chi connectivity index (χ2v) is 5.81. The van der Waals surface area contributed by atoms with Crippen LogP contribution in [0.25, 0.3) is 10.8 Å². The largest absolute Gasteiger partial charge is 0.480 e. The van der Waals surface area contributed by atoms with Gasteiger partial charge in [0.1, 0.15) is 6.04 Å². The van der Waals surface area contributed by atoms with Crippen LogP contribution in [0.15, 0.2) is 29.1 Å². The van der Waals surface area contributed by atoms with Crippen LogP contribution in [-0.4, -0.2) is 33.2 Å². The van der Waals surface area contributed by atoms with Crippen molar-refractivity contribution in [1.29, 1.82) is 0 Å². The number of carboxylic acid groups (broad SMARTS) is 1. The summed E-state index contributed by atoms with van der Waals surface area (Å²) in [5.41, 5.74) is 0.0827. The highest BCUT2D eigenvalue weighted by Crippen LogP contribution is 2.13. The topological polar surface area (TPSA) is 112 Å². The quantitative estimate of drug-likeness (QED) is 0.738. The molecule has 23 heavy (non-hydrogen) atoms. The van der Waals surface area contributed by atoms with Crippen molar-refractivity contribution in [2.75, 3.05) is 0 Å². The summed E-state index contributed by atoms with van der Waals surface area (Å²) in [5, 5.41) is 19.0. The zero-order valence-electron chi connectivity index (χ0n) is 13.0. The number of nitrogens with one attached hydrogen (secondary N) is 2. The van der Waals surface area contributed by atoms with E-state index in [-0.39, 0.29) is 17.9 Å². The van der Waals surface area contributed by atoms with Gasteiger partial charge in [-0.05, 0) is 18.4 Å². The standard InChI is InChI=1S/C16H19N3O4/c1-9(2)7-13(16(22)23)17-14(20)8-12-10-5-3-4-6-11(10)15(21)19-18-12/h3-6,9,13H,7-8H2,1-2H3,(H,17,20)(H,19,21)(H,22,23)/t13-/m0/s1. The fourth-order valence-corrected chi connectivity index (χ4v) is 2.40. The molecule has 1 aromatic carbocycles. The summed E-state index contributed by atoms with van der Waals surface area (Å²) >= 11 is 0. The lowest BCUT2D eigenvalue weighted by Gasteiger charge is -2.16. The lowest BCUT2D eigenvalue weighted by atomic mass is 10.0. The Kier molecular flexibility index (Phi) is 5.10. The Morgan fingerprint density at radius 1 is 1.26 bits per heavy atom.